The molecule has 0 amide bonds. The molecule has 2 aromatic carbocycles. The monoisotopic (exact) mass is 310 g/mol. The van der Waals surface area contributed by atoms with Crippen molar-refractivity contribution in [2.75, 3.05) is 18.0 Å². The van der Waals surface area contributed by atoms with Gasteiger partial charge in [-0.1, -0.05) is 23.9 Å². The third-order valence-corrected chi connectivity index (χ3v) is 4.44. The standard InChI is InChI=1S/C15H13F3N2S/c16-15(17,18)10-5-6-14-12(9-10)20(8-7-19)11-3-1-2-4-13(11)21-14/h1-6,9H,7-8,19H2. The Labute approximate surface area is 124 Å². The largest absolute Gasteiger partial charge is 0.416 e. The Morgan fingerprint density at radius 3 is 2.43 bits per heavy atom. The number of rotatable bonds is 2. The molecule has 110 valence electrons. The number of alkyl halides is 3. The van der Waals surface area contributed by atoms with Gasteiger partial charge in [0.2, 0.25) is 0 Å². The Balaban J connectivity index is 2.12. The van der Waals surface area contributed by atoms with Crippen molar-refractivity contribution in [1.82, 2.24) is 0 Å². The minimum atomic E-state index is -4.34. The first kappa shape index (κ1) is 14.3. The number of hydrogen-bond acceptors (Lipinski definition) is 3. The second kappa shape index (κ2) is 5.27. The van der Waals surface area contributed by atoms with E-state index in [1.807, 2.05) is 29.2 Å². The minimum absolute atomic E-state index is 0.370. The fourth-order valence-corrected chi connectivity index (χ4v) is 3.45. The van der Waals surface area contributed by atoms with Crippen LogP contribution in [0.3, 0.4) is 0 Å². The highest BCUT2D eigenvalue weighted by molar-refractivity contribution is 7.99. The number of nitrogens with two attached hydrogens (primary N) is 1. The molecule has 0 aromatic heterocycles. The van der Waals surface area contributed by atoms with Crippen molar-refractivity contribution in [3.05, 3.63) is 48.0 Å². The molecular formula is C15H13F3N2S. The summed E-state index contributed by atoms with van der Waals surface area (Å²) < 4.78 is 38.8. The molecule has 0 bridgehead atoms. The highest BCUT2D eigenvalue weighted by atomic mass is 32.2. The molecule has 0 spiro atoms. The topological polar surface area (TPSA) is 29.3 Å². The van der Waals surface area contributed by atoms with Gasteiger partial charge in [-0.15, -0.1) is 0 Å². The minimum Gasteiger partial charge on any atom is -0.338 e. The van der Waals surface area contributed by atoms with Crippen LogP contribution >= 0.6 is 11.8 Å². The van der Waals surface area contributed by atoms with E-state index in [4.69, 9.17) is 5.73 Å². The van der Waals surface area contributed by atoms with Gasteiger partial charge in [0, 0.05) is 22.9 Å². The van der Waals surface area contributed by atoms with Crippen LogP contribution in [-0.2, 0) is 6.18 Å². The van der Waals surface area contributed by atoms with Crippen molar-refractivity contribution < 1.29 is 13.2 Å². The van der Waals surface area contributed by atoms with Crippen LogP contribution in [-0.4, -0.2) is 13.1 Å². The van der Waals surface area contributed by atoms with E-state index in [9.17, 15) is 13.2 Å². The summed E-state index contributed by atoms with van der Waals surface area (Å²) in [7, 11) is 0. The molecule has 0 fully saturated rings. The predicted octanol–water partition coefficient (Wildman–Crippen LogP) is 4.27. The van der Waals surface area contributed by atoms with Gasteiger partial charge in [-0.2, -0.15) is 13.2 Å². The molecule has 0 radical (unpaired) electrons. The molecule has 2 N–H and O–H groups in total. The van der Waals surface area contributed by atoms with E-state index in [-0.39, 0.29) is 0 Å². The van der Waals surface area contributed by atoms with E-state index in [2.05, 4.69) is 0 Å². The van der Waals surface area contributed by atoms with Gasteiger partial charge in [0.05, 0.1) is 16.9 Å². The molecule has 0 atom stereocenters. The van der Waals surface area contributed by atoms with Crippen LogP contribution in [0, 0.1) is 0 Å². The summed E-state index contributed by atoms with van der Waals surface area (Å²) in [6.07, 6.45) is -4.34. The van der Waals surface area contributed by atoms with E-state index < -0.39 is 11.7 Å². The maximum absolute atomic E-state index is 12.9. The van der Waals surface area contributed by atoms with Gasteiger partial charge < -0.3 is 10.6 Å². The maximum atomic E-state index is 12.9. The van der Waals surface area contributed by atoms with Crippen LogP contribution in [0.5, 0.6) is 0 Å². The quantitative estimate of drug-likeness (QED) is 0.898. The van der Waals surface area contributed by atoms with Crippen molar-refractivity contribution in [3.63, 3.8) is 0 Å². The van der Waals surface area contributed by atoms with Gasteiger partial charge in [0.25, 0.3) is 0 Å². The molecule has 0 saturated carbocycles. The Kier molecular flexibility index (Phi) is 3.59. The van der Waals surface area contributed by atoms with Crippen LogP contribution in [0.1, 0.15) is 5.56 Å². The summed E-state index contributed by atoms with van der Waals surface area (Å²) in [5.41, 5.74) is 6.46. The van der Waals surface area contributed by atoms with Crippen LogP contribution in [0.4, 0.5) is 24.5 Å². The summed E-state index contributed by atoms with van der Waals surface area (Å²) in [6, 6.07) is 11.5. The van der Waals surface area contributed by atoms with Gasteiger partial charge in [-0.05, 0) is 30.3 Å². The Hall–Kier alpha value is -1.66. The highest BCUT2D eigenvalue weighted by Gasteiger charge is 2.33. The number of anilines is 2. The smallest absolute Gasteiger partial charge is 0.338 e. The summed E-state index contributed by atoms with van der Waals surface area (Å²) in [5, 5.41) is 0. The van der Waals surface area contributed by atoms with E-state index in [0.717, 1.165) is 21.5 Å². The third-order valence-electron chi connectivity index (χ3n) is 3.31. The fraction of sp³-hybridized carbons (Fsp3) is 0.200. The molecule has 1 aliphatic rings. The van der Waals surface area contributed by atoms with E-state index in [1.165, 1.54) is 23.9 Å². The molecule has 0 aliphatic carbocycles. The van der Waals surface area contributed by atoms with E-state index in [0.29, 0.717) is 18.8 Å². The molecular weight excluding hydrogens is 297 g/mol. The first-order valence-electron chi connectivity index (χ1n) is 6.46. The number of hydrogen-bond donors (Lipinski definition) is 1. The third kappa shape index (κ3) is 2.61. The second-order valence-corrected chi connectivity index (χ2v) is 5.77. The Bertz CT molecular complexity index is 670. The van der Waals surface area contributed by atoms with Gasteiger partial charge in [0.15, 0.2) is 0 Å². The second-order valence-electron chi connectivity index (χ2n) is 4.69. The lowest BCUT2D eigenvalue weighted by Gasteiger charge is -2.33. The number of fused-ring (bicyclic) bond motifs is 2. The van der Waals surface area contributed by atoms with Crippen molar-refractivity contribution in [2.24, 2.45) is 5.73 Å². The number of benzene rings is 2. The Morgan fingerprint density at radius 1 is 1.00 bits per heavy atom. The first-order valence-corrected chi connectivity index (χ1v) is 7.28. The average Bonchev–Trinajstić information content (AvgIpc) is 2.45. The number of para-hydroxylation sites is 1. The molecule has 21 heavy (non-hydrogen) atoms. The van der Waals surface area contributed by atoms with Crippen molar-refractivity contribution >= 4 is 23.1 Å². The molecule has 6 heteroatoms. The maximum Gasteiger partial charge on any atom is 0.416 e. The van der Waals surface area contributed by atoms with E-state index in [1.54, 1.807) is 0 Å². The van der Waals surface area contributed by atoms with Crippen molar-refractivity contribution in [3.8, 4) is 0 Å². The van der Waals surface area contributed by atoms with Gasteiger partial charge >= 0.3 is 6.18 Å². The zero-order valence-electron chi connectivity index (χ0n) is 11.0. The van der Waals surface area contributed by atoms with Crippen molar-refractivity contribution in [1.29, 1.82) is 0 Å². The first-order chi connectivity index (χ1) is 10.0. The van der Waals surface area contributed by atoms with Crippen LogP contribution < -0.4 is 10.6 Å². The fourth-order valence-electron chi connectivity index (χ4n) is 2.38. The van der Waals surface area contributed by atoms with Gasteiger partial charge in [-0.25, -0.2) is 0 Å². The molecule has 2 aromatic rings. The zero-order chi connectivity index (χ0) is 15.0. The normalized spacial score (nSPS) is 13.8. The molecule has 1 aliphatic heterocycles. The van der Waals surface area contributed by atoms with Crippen LogP contribution in [0.2, 0.25) is 0 Å². The molecule has 3 rings (SSSR count). The lowest BCUT2D eigenvalue weighted by Crippen LogP contribution is -2.27. The lowest BCUT2D eigenvalue weighted by atomic mass is 10.1. The molecule has 0 unspecified atom stereocenters. The van der Waals surface area contributed by atoms with Gasteiger partial charge in [0.1, 0.15) is 0 Å². The summed E-state index contributed by atoms with van der Waals surface area (Å²) in [4.78, 5) is 3.70. The summed E-state index contributed by atoms with van der Waals surface area (Å²) in [6.45, 7) is 0.848. The SMILES string of the molecule is NCCN1c2ccccc2Sc2ccc(C(F)(F)F)cc21. The molecule has 1 heterocycles. The summed E-state index contributed by atoms with van der Waals surface area (Å²) in [5.74, 6) is 0. The Morgan fingerprint density at radius 2 is 1.71 bits per heavy atom. The van der Waals surface area contributed by atoms with Crippen molar-refractivity contribution in [2.45, 2.75) is 16.0 Å². The van der Waals surface area contributed by atoms with Crippen LogP contribution in [0.25, 0.3) is 0 Å². The highest BCUT2D eigenvalue weighted by Crippen LogP contribution is 2.49. The zero-order valence-corrected chi connectivity index (χ0v) is 11.8. The summed E-state index contributed by atoms with van der Waals surface area (Å²) >= 11 is 1.48. The number of halogens is 3. The lowest BCUT2D eigenvalue weighted by molar-refractivity contribution is -0.137. The number of nitrogens with zero attached hydrogens (tertiary/aromatic N) is 1. The van der Waals surface area contributed by atoms with E-state index >= 15 is 0 Å². The molecule has 2 nitrogen and oxygen atoms in total. The van der Waals surface area contributed by atoms with Gasteiger partial charge in [-0.3, -0.25) is 0 Å². The van der Waals surface area contributed by atoms with Crippen LogP contribution in [0.15, 0.2) is 52.3 Å². The average molecular weight is 310 g/mol. The predicted molar refractivity (Wildman–Crippen MR) is 78.1 cm³/mol. The molecule has 0 saturated heterocycles.